The van der Waals surface area contributed by atoms with Gasteiger partial charge in [0.2, 0.25) is 0 Å². The molecule has 0 bridgehead atoms. The first kappa shape index (κ1) is 19.2. The van der Waals surface area contributed by atoms with Crippen molar-refractivity contribution in [2.75, 3.05) is 31.1 Å². The molecule has 4 nitrogen and oxygen atoms in total. The molecule has 0 N–H and O–H groups in total. The van der Waals surface area contributed by atoms with Crippen LogP contribution in [0.3, 0.4) is 0 Å². The summed E-state index contributed by atoms with van der Waals surface area (Å²) in [4.78, 5) is 17.0. The number of rotatable bonds is 5. The maximum absolute atomic E-state index is 13.1. The number of carbonyl (C=O) groups excluding carboxylic acids is 1. The topological polar surface area (TPSA) is 32.8 Å². The number of halogens is 1. The second kappa shape index (κ2) is 8.42. The zero-order chi connectivity index (χ0) is 19.4. The standard InChI is InChI=1S/C22H27FN2O2/c1-4-20(27-21-15-16(2)5-6-17(21)3)22(26)25-13-11-24(12-14-25)19-9-7-18(23)8-10-19/h5-10,15,20H,4,11-14H2,1-3H3/t20-/m0/s1. The van der Waals surface area contributed by atoms with Crippen LogP contribution < -0.4 is 9.64 Å². The molecule has 2 aromatic carbocycles. The first-order valence-corrected chi connectivity index (χ1v) is 9.51. The molecule has 0 radical (unpaired) electrons. The lowest BCUT2D eigenvalue weighted by Crippen LogP contribution is -2.52. The van der Waals surface area contributed by atoms with E-state index in [0.29, 0.717) is 19.5 Å². The van der Waals surface area contributed by atoms with Crippen LogP contribution in [-0.4, -0.2) is 43.1 Å². The lowest BCUT2D eigenvalue weighted by Gasteiger charge is -2.37. The Morgan fingerprint density at radius 1 is 1.07 bits per heavy atom. The van der Waals surface area contributed by atoms with Crippen molar-refractivity contribution in [1.29, 1.82) is 0 Å². The molecular weight excluding hydrogens is 343 g/mol. The summed E-state index contributed by atoms with van der Waals surface area (Å²) in [6, 6.07) is 12.5. The van der Waals surface area contributed by atoms with Crippen molar-refractivity contribution in [1.82, 2.24) is 4.90 Å². The van der Waals surface area contributed by atoms with Crippen LogP contribution in [-0.2, 0) is 4.79 Å². The van der Waals surface area contributed by atoms with Gasteiger partial charge in [0.1, 0.15) is 11.6 Å². The van der Waals surface area contributed by atoms with E-state index in [1.807, 2.05) is 43.9 Å². The van der Waals surface area contributed by atoms with E-state index in [9.17, 15) is 9.18 Å². The molecule has 5 heteroatoms. The maximum atomic E-state index is 13.1. The van der Waals surface area contributed by atoms with E-state index >= 15 is 0 Å². The minimum atomic E-state index is -0.470. The SMILES string of the molecule is CC[C@H](Oc1cc(C)ccc1C)C(=O)N1CCN(c2ccc(F)cc2)CC1. The number of ether oxygens (including phenoxy) is 1. The molecule has 3 rings (SSSR count). The fraction of sp³-hybridized carbons (Fsp3) is 0.409. The molecule has 0 unspecified atom stereocenters. The van der Waals surface area contributed by atoms with Gasteiger partial charge in [0, 0.05) is 31.9 Å². The Morgan fingerprint density at radius 2 is 1.74 bits per heavy atom. The van der Waals surface area contributed by atoms with E-state index in [0.717, 1.165) is 35.7 Å². The predicted octanol–water partition coefficient (Wildman–Crippen LogP) is 3.95. The fourth-order valence-electron chi connectivity index (χ4n) is 3.34. The molecular formula is C22H27FN2O2. The van der Waals surface area contributed by atoms with Gasteiger partial charge in [-0.3, -0.25) is 4.79 Å². The third-order valence-electron chi connectivity index (χ3n) is 5.04. The number of nitrogens with zero attached hydrogens (tertiary/aromatic N) is 2. The molecule has 0 aliphatic carbocycles. The molecule has 0 spiro atoms. The van der Waals surface area contributed by atoms with Gasteiger partial charge in [-0.05, 0) is 61.7 Å². The average Bonchev–Trinajstić information content (AvgIpc) is 2.69. The van der Waals surface area contributed by atoms with Crippen molar-refractivity contribution < 1.29 is 13.9 Å². The van der Waals surface area contributed by atoms with E-state index in [-0.39, 0.29) is 11.7 Å². The smallest absolute Gasteiger partial charge is 0.263 e. The van der Waals surface area contributed by atoms with E-state index < -0.39 is 6.10 Å². The van der Waals surface area contributed by atoms with Crippen molar-refractivity contribution in [3.63, 3.8) is 0 Å². The van der Waals surface area contributed by atoms with Crippen molar-refractivity contribution in [2.45, 2.75) is 33.3 Å². The number of amides is 1. The fourth-order valence-corrected chi connectivity index (χ4v) is 3.34. The van der Waals surface area contributed by atoms with Gasteiger partial charge in [0.25, 0.3) is 5.91 Å². The molecule has 2 aromatic rings. The molecule has 1 fully saturated rings. The zero-order valence-electron chi connectivity index (χ0n) is 16.2. The summed E-state index contributed by atoms with van der Waals surface area (Å²) in [5, 5.41) is 0. The van der Waals surface area contributed by atoms with Crippen LogP contribution in [0.4, 0.5) is 10.1 Å². The Bertz CT molecular complexity index is 783. The quantitative estimate of drug-likeness (QED) is 0.799. The van der Waals surface area contributed by atoms with Gasteiger partial charge in [0.05, 0.1) is 0 Å². The lowest BCUT2D eigenvalue weighted by atomic mass is 10.1. The minimum absolute atomic E-state index is 0.0390. The molecule has 1 aliphatic heterocycles. The Kier molecular flexibility index (Phi) is 5.99. The van der Waals surface area contributed by atoms with Gasteiger partial charge >= 0.3 is 0 Å². The van der Waals surface area contributed by atoms with E-state index in [1.165, 1.54) is 12.1 Å². The Labute approximate surface area is 160 Å². The van der Waals surface area contributed by atoms with Crippen LogP contribution in [0.1, 0.15) is 24.5 Å². The first-order valence-electron chi connectivity index (χ1n) is 9.51. The number of hydrogen-bond acceptors (Lipinski definition) is 3. The highest BCUT2D eigenvalue weighted by molar-refractivity contribution is 5.81. The third-order valence-corrected chi connectivity index (χ3v) is 5.04. The normalized spacial score (nSPS) is 15.6. The molecule has 1 atom stereocenters. The summed E-state index contributed by atoms with van der Waals surface area (Å²) in [6.45, 7) is 8.74. The largest absolute Gasteiger partial charge is 0.480 e. The summed E-state index contributed by atoms with van der Waals surface area (Å²) < 4.78 is 19.2. The van der Waals surface area contributed by atoms with Gasteiger partial charge in [-0.15, -0.1) is 0 Å². The number of piperazine rings is 1. The maximum Gasteiger partial charge on any atom is 0.263 e. The van der Waals surface area contributed by atoms with Crippen molar-refractivity contribution in [3.05, 3.63) is 59.4 Å². The Balaban J connectivity index is 1.61. The van der Waals surface area contributed by atoms with E-state index in [1.54, 1.807) is 12.1 Å². The van der Waals surface area contributed by atoms with Crippen molar-refractivity contribution in [2.24, 2.45) is 0 Å². The van der Waals surface area contributed by atoms with Crippen LogP contribution in [0, 0.1) is 19.7 Å². The molecule has 1 heterocycles. The number of hydrogen-bond donors (Lipinski definition) is 0. The summed E-state index contributed by atoms with van der Waals surface area (Å²) in [5.41, 5.74) is 3.14. The molecule has 1 saturated heterocycles. The number of aryl methyl sites for hydroxylation is 2. The zero-order valence-corrected chi connectivity index (χ0v) is 16.2. The predicted molar refractivity (Wildman–Crippen MR) is 106 cm³/mol. The molecule has 0 saturated carbocycles. The van der Waals surface area contributed by atoms with Gasteiger partial charge in [-0.1, -0.05) is 19.1 Å². The number of anilines is 1. The van der Waals surface area contributed by atoms with Gasteiger partial charge in [-0.2, -0.15) is 0 Å². The molecule has 1 aliphatic rings. The van der Waals surface area contributed by atoms with E-state index in [2.05, 4.69) is 4.90 Å². The lowest BCUT2D eigenvalue weighted by molar-refractivity contribution is -0.139. The van der Waals surface area contributed by atoms with Crippen LogP contribution in [0.15, 0.2) is 42.5 Å². The molecule has 0 aromatic heterocycles. The minimum Gasteiger partial charge on any atom is -0.480 e. The third kappa shape index (κ3) is 4.59. The Morgan fingerprint density at radius 3 is 2.37 bits per heavy atom. The average molecular weight is 370 g/mol. The molecule has 1 amide bonds. The summed E-state index contributed by atoms with van der Waals surface area (Å²) in [7, 11) is 0. The molecule has 27 heavy (non-hydrogen) atoms. The van der Waals surface area contributed by atoms with E-state index in [4.69, 9.17) is 4.74 Å². The number of benzene rings is 2. The summed E-state index contributed by atoms with van der Waals surface area (Å²) >= 11 is 0. The summed E-state index contributed by atoms with van der Waals surface area (Å²) in [6.07, 6.45) is 0.160. The van der Waals surface area contributed by atoms with Crippen molar-refractivity contribution in [3.8, 4) is 5.75 Å². The number of carbonyl (C=O) groups is 1. The van der Waals surface area contributed by atoms with Crippen LogP contribution in [0.2, 0.25) is 0 Å². The van der Waals surface area contributed by atoms with Crippen LogP contribution in [0.25, 0.3) is 0 Å². The highest BCUT2D eigenvalue weighted by Crippen LogP contribution is 2.23. The van der Waals surface area contributed by atoms with Gasteiger partial charge in [0.15, 0.2) is 6.10 Å². The van der Waals surface area contributed by atoms with Crippen LogP contribution >= 0.6 is 0 Å². The van der Waals surface area contributed by atoms with Gasteiger partial charge < -0.3 is 14.5 Å². The molecule has 144 valence electrons. The van der Waals surface area contributed by atoms with Crippen molar-refractivity contribution >= 4 is 11.6 Å². The second-order valence-electron chi connectivity index (χ2n) is 7.07. The first-order chi connectivity index (χ1) is 13.0. The van der Waals surface area contributed by atoms with Gasteiger partial charge in [-0.25, -0.2) is 4.39 Å². The monoisotopic (exact) mass is 370 g/mol. The highest BCUT2D eigenvalue weighted by atomic mass is 19.1. The second-order valence-corrected chi connectivity index (χ2v) is 7.07. The Hall–Kier alpha value is -2.56. The van der Waals surface area contributed by atoms with Crippen LogP contribution in [0.5, 0.6) is 5.75 Å². The highest BCUT2D eigenvalue weighted by Gasteiger charge is 2.28. The summed E-state index contributed by atoms with van der Waals surface area (Å²) in [5.74, 6) is 0.583.